The minimum Gasteiger partial charge on any atom is -0.489 e. The van der Waals surface area contributed by atoms with Gasteiger partial charge in [-0.2, -0.15) is 0 Å². The number of carbonyl (C=O) groups excluding carboxylic acids is 1. The number of rotatable bonds is 4. The summed E-state index contributed by atoms with van der Waals surface area (Å²) in [6.45, 7) is 2.81. The van der Waals surface area contributed by atoms with Crippen LogP contribution in [0.3, 0.4) is 0 Å². The molecule has 2 aromatic carbocycles. The van der Waals surface area contributed by atoms with Gasteiger partial charge in [-0.25, -0.2) is 0 Å². The molecule has 0 N–H and O–H groups in total. The molecule has 0 bridgehead atoms. The molecule has 1 heterocycles. The summed E-state index contributed by atoms with van der Waals surface area (Å²) < 4.78 is 11.0. The Hall–Kier alpha value is -2.04. The van der Waals surface area contributed by atoms with Crippen LogP contribution in [0.4, 0.5) is 0 Å². The van der Waals surface area contributed by atoms with Crippen LogP contribution in [0.5, 0.6) is 5.75 Å². The molecule has 0 aromatic heterocycles. The Bertz CT molecular complexity index is 683. The molecule has 1 saturated heterocycles. The average molecular weight is 332 g/mol. The lowest BCUT2D eigenvalue weighted by molar-refractivity contribution is 0.0302. The molecule has 0 atom stereocenters. The van der Waals surface area contributed by atoms with E-state index < -0.39 is 0 Å². The lowest BCUT2D eigenvalue weighted by Crippen LogP contribution is -2.40. The van der Waals surface area contributed by atoms with Crippen molar-refractivity contribution < 1.29 is 14.3 Å². The second kappa shape index (κ2) is 7.49. The van der Waals surface area contributed by atoms with Gasteiger partial charge in [0.1, 0.15) is 12.4 Å². The first-order chi connectivity index (χ1) is 11.2. The normalized spacial score (nSPS) is 14.6. The molecule has 0 radical (unpaired) electrons. The van der Waals surface area contributed by atoms with Crippen molar-refractivity contribution in [2.75, 3.05) is 26.3 Å². The number of ether oxygens (including phenoxy) is 2. The van der Waals surface area contributed by atoms with Gasteiger partial charge in [-0.05, 0) is 24.3 Å². The Morgan fingerprint density at radius 1 is 1.13 bits per heavy atom. The van der Waals surface area contributed by atoms with E-state index >= 15 is 0 Å². The van der Waals surface area contributed by atoms with Gasteiger partial charge in [-0.15, -0.1) is 0 Å². The van der Waals surface area contributed by atoms with Crippen molar-refractivity contribution in [2.24, 2.45) is 0 Å². The molecule has 4 nitrogen and oxygen atoms in total. The van der Waals surface area contributed by atoms with Crippen LogP contribution in [-0.2, 0) is 11.3 Å². The summed E-state index contributed by atoms with van der Waals surface area (Å²) in [6.07, 6.45) is 0. The third kappa shape index (κ3) is 4.03. The molecule has 1 fully saturated rings. The van der Waals surface area contributed by atoms with Crippen LogP contribution in [0.1, 0.15) is 15.9 Å². The fraction of sp³-hybridized carbons (Fsp3) is 0.278. The largest absolute Gasteiger partial charge is 0.489 e. The van der Waals surface area contributed by atoms with Gasteiger partial charge in [-0.1, -0.05) is 35.9 Å². The molecular weight excluding hydrogens is 314 g/mol. The zero-order chi connectivity index (χ0) is 16.1. The standard InChI is InChI=1S/C18H18ClNO3/c19-17-7-2-1-4-15(17)13-23-16-6-3-5-14(12-16)18(21)20-8-10-22-11-9-20/h1-7,12H,8-11,13H2. The molecule has 0 unspecified atom stereocenters. The lowest BCUT2D eigenvalue weighted by atomic mass is 10.2. The van der Waals surface area contributed by atoms with Crippen molar-refractivity contribution >= 4 is 17.5 Å². The number of hydrogen-bond donors (Lipinski definition) is 0. The van der Waals surface area contributed by atoms with Gasteiger partial charge in [-0.3, -0.25) is 4.79 Å². The van der Waals surface area contributed by atoms with Crippen molar-refractivity contribution in [3.05, 3.63) is 64.7 Å². The number of amides is 1. The first kappa shape index (κ1) is 15.8. The predicted octanol–water partition coefficient (Wildman–Crippen LogP) is 3.39. The fourth-order valence-electron chi connectivity index (χ4n) is 2.44. The van der Waals surface area contributed by atoms with Crippen molar-refractivity contribution in [1.82, 2.24) is 4.90 Å². The van der Waals surface area contributed by atoms with Crippen LogP contribution in [0, 0.1) is 0 Å². The highest BCUT2D eigenvalue weighted by atomic mass is 35.5. The van der Waals surface area contributed by atoms with Gasteiger partial charge in [0.05, 0.1) is 13.2 Å². The summed E-state index contributed by atoms with van der Waals surface area (Å²) in [7, 11) is 0. The SMILES string of the molecule is O=C(c1cccc(OCc2ccccc2Cl)c1)N1CCOCC1. The molecule has 3 rings (SSSR count). The summed E-state index contributed by atoms with van der Waals surface area (Å²) in [6, 6.07) is 14.8. The van der Waals surface area contributed by atoms with E-state index in [2.05, 4.69) is 0 Å². The summed E-state index contributed by atoms with van der Waals surface area (Å²) in [5, 5.41) is 0.674. The van der Waals surface area contributed by atoms with Gasteiger partial charge in [0.25, 0.3) is 5.91 Å². The maximum atomic E-state index is 12.5. The predicted molar refractivity (Wildman–Crippen MR) is 88.9 cm³/mol. The monoisotopic (exact) mass is 331 g/mol. The van der Waals surface area contributed by atoms with Gasteiger partial charge in [0.15, 0.2) is 0 Å². The Balaban J connectivity index is 1.67. The third-order valence-corrected chi connectivity index (χ3v) is 4.10. The van der Waals surface area contributed by atoms with Gasteiger partial charge in [0.2, 0.25) is 0 Å². The van der Waals surface area contributed by atoms with E-state index in [1.54, 1.807) is 17.0 Å². The second-order valence-corrected chi connectivity index (χ2v) is 5.72. The highest BCUT2D eigenvalue weighted by molar-refractivity contribution is 6.31. The number of benzene rings is 2. The number of carbonyl (C=O) groups is 1. The van der Waals surface area contributed by atoms with E-state index in [-0.39, 0.29) is 5.91 Å². The highest BCUT2D eigenvalue weighted by Crippen LogP contribution is 2.20. The Kier molecular flexibility index (Phi) is 5.16. The minimum atomic E-state index is 0.0106. The smallest absolute Gasteiger partial charge is 0.254 e. The van der Waals surface area contributed by atoms with Gasteiger partial charge in [0, 0.05) is 29.2 Å². The van der Waals surface area contributed by atoms with Gasteiger partial charge >= 0.3 is 0 Å². The van der Waals surface area contributed by atoms with Crippen LogP contribution in [0.15, 0.2) is 48.5 Å². The average Bonchev–Trinajstić information content (AvgIpc) is 2.61. The van der Waals surface area contributed by atoms with E-state index in [0.29, 0.717) is 49.2 Å². The third-order valence-electron chi connectivity index (χ3n) is 3.73. The summed E-state index contributed by atoms with van der Waals surface area (Å²) >= 11 is 6.12. The van der Waals surface area contributed by atoms with Crippen LogP contribution in [-0.4, -0.2) is 37.1 Å². The van der Waals surface area contributed by atoms with E-state index in [1.807, 2.05) is 36.4 Å². The maximum absolute atomic E-state index is 12.5. The molecule has 120 valence electrons. The van der Waals surface area contributed by atoms with Gasteiger partial charge < -0.3 is 14.4 Å². The first-order valence-electron chi connectivity index (χ1n) is 7.57. The summed E-state index contributed by atoms with van der Waals surface area (Å²) in [5.74, 6) is 0.667. The number of nitrogens with zero attached hydrogens (tertiary/aromatic N) is 1. The van der Waals surface area contributed by atoms with Crippen molar-refractivity contribution in [2.45, 2.75) is 6.61 Å². The number of halogens is 1. The van der Waals surface area contributed by atoms with Crippen LogP contribution in [0.25, 0.3) is 0 Å². The fourth-order valence-corrected chi connectivity index (χ4v) is 2.63. The van der Waals surface area contributed by atoms with Crippen molar-refractivity contribution in [3.63, 3.8) is 0 Å². The van der Waals surface area contributed by atoms with Crippen LogP contribution >= 0.6 is 11.6 Å². The molecule has 1 amide bonds. The van der Waals surface area contributed by atoms with E-state index in [4.69, 9.17) is 21.1 Å². The van der Waals surface area contributed by atoms with E-state index in [1.165, 1.54) is 0 Å². The molecule has 5 heteroatoms. The Labute approximate surface area is 140 Å². The zero-order valence-corrected chi connectivity index (χ0v) is 13.5. The summed E-state index contributed by atoms with van der Waals surface area (Å²) in [4.78, 5) is 14.3. The molecule has 1 aliphatic heterocycles. The topological polar surface area (TPSA) is 38.8 Å². The minimum absolute atomic E-state index is 0.0106. The number of hydrogen-bond acceptors (Lipinski definition) is 3. The Morgan fingerprint density at radius 2 is 1.91 bits per heavy atom. The first-order valence-corrected chi connectivity index (χ1v) is 7.95. The lowest BCUT2D eigenvalue weighted by Gasteiger charge is -2.27. The summed E-state index contributed by atoms with van der Waals surface area (Å²) in [5.41, 5.74) is 1.54. The zero-order valence-electron chi connectivity index (χ0n) is 12.7. The molecule has 0 aliphatic carbocycles. The maximum Gasteiger partial charge on any atom is 0.254 e. The molecule has 0 spiro atoms. The van der Waals surface area contributed by atoms with E-state index in [0.717, 1.165) is 5.56 Å². The van der Waals surface area contributed by atoms with E-state index in [9.17, 15) is 4.79 Å². The molecule has 1 aliphatic rings. The molecule has 23 heavy (non-hydrogen) atoms. The van der Waals surface area contributed by atoms with Crippen LogP contribution < -0.4 is 4.74 Å². The van der Waals surface area contributed by atoms with Crippen LogP contribution in [0.2, 0.25) is 5.02 Å². The molecule has 2 aromatic rings. The highest BCUT2D eigenvalue weighted by Gasteiger charge is 2.18. The van der Waals surface area contributed by atoms with Crippen molar-refractivity contribution in [1.29, 1.82) is 0 Å². The van der Waals surface area contributed by atoms with Crippen molar-refractivity contribution in [3.8, 4) is 5.75 Å². The molecular formula is C18H18ClNO3. The second-order valence-electron chi connectivity index (χ2n) is 5.31. The quantitative estimate of drug-likeness (QED) is 0.862. The Morgan fingerprint density at radius 3 is 2.70 bits per heavy atom. The molecule has 0 saturated carbocycles. The number of morpholine rings is 1.